The summed E-state index contributed by atoms with van der Waals surface area (Å²) in [5.41, 5.74) is 0.347. The summed E-state index contributed by atoms with van der Waals surface area (Å²) in [7, 11) is 0. The molecule has 0 radical (unpaired) electrons. The van der Waals surface area contributed by atoms with Crippen molar-refractivity contribution in [3.63, 3.8) is 0 Å². The number of hydrogen-bond acceptors (Lipinski definition) is 1. The first-order chi connectivity index (χ1) is 9.52. The van der Waals surface area contributed by atoms with Crippen LogP contribution >= 0.6 is 0 Å². The van der Waals surface area contributed by atoms with Crippen molar-refractivity contribution in [2.75, 3.05) is 0 Å². The molecule has 2 nitrogen and oxygen atoms in total. The molecule has 110 valence electrons. The first-order valence-electron chi connectivity index (χ1n) is 7.20. The topological polar surface area (TPSA) is 37.3 Å². The molecule has 1 N–H and O–H groups in total. The first kappa shape index (κ1) is 14.9. The van der Waals surface area contributed by atoms with Gasteiger partial charge >= 0.3 is 5.97 Å². The van der Waals surface area contributed by atoms with E-state index in [1.807, 2.05) is 0 Å². The van der Waals surface area contributed by atoms with Crippen molar-refractivity contribution < 1.29 is 18.7 Å². The second-order valence-electron chi connectivity index (χ2n) is 5.68. The van der Waals surface area contributed by atoms with Crippen LogP contribution in [0.2, 0.25) is 0 Å². The fourth-order valence-electron chi connectivity index (χ4n) is 3.37. The Hall–Kier alpha value is -1.45. The first-order valence-corrected chi connectivity index (χ1v) is 7.20. The van der Waals surface area contributed by atoms with Gasteiger partial charge in [0.2, 0.25) is 0 Å². The molecule has 0 saturated heterocycles. The van der Waals surface area contributed by atoms with Crippen LogP contribution in [0.1, 0.15) is 50.5 Å². The molecule has 1 aliphatic rings. The molecule has 0 bridgehead atoms. The predicted octanol–water partition coefficient (Wildman–Crippen LogP) is 4.35. The SMILES string of the molecule is CCCC1CCC(C(=O)O)C(c2ccc(F)cc2F)C1. The summed E-state index contributed by atoms with van der Waals surface area (Å²) >= 11 is 0. The van der Waals surface area contributed by atoms with Crippen molar-refractivity contribution in [3.05, 3.63) is 35.4 Å². The lowest BCUT2D eigenvalue weighted by atomic mass is 9.70. The van der Waals surface area contributed by atoms with Crippen LogP contribution in [0, 0.1) is 23.5 Å². The number of carboxylic acid groups (broad SMARTS) is 1. The maximum absolute atomic E-state index is 14.0. The molecule has 0 amide bonds. The Morgan fingerprint density at radius 1 is 1.35 bits per heavy atom. The van der Waals surface area contributed by atoms with Crippen molar-refractivity contribution in [1.82, 2.24) is 0 Å². The van der Waals surface area contributed by atoms with E-state index < -0.39 is 23.5 Å². The van der Waals surface area contributed by atoms with Gasteiger partial charge < -0.3 is 5.11 Å². The Labute approximate surface area is 117 Å². The van der Waals surface area contributed by atoms with Crippen LogP contribution in [0.5, 0.6) is 0 Å². The maximum atomic E-state index is 14.0. The van der Waals surface area contributed by atoms with Crippen molar-refractivity contribution in [3.8, 4) is 0 Å². The molecule has 1 aromatic rings. The van der Waals surface area contributed by atoms with Crippen LogP contribution in [-0.4, -0.2) is 11.1 Å². The summed E-state index contributed by atoms with van der Waals surface area (Å²) in [5.74, 6) is -2.61. The van der Waals surface area contributed by atoms with Gasteiger partial charge in [-0.1, -0.05) is 25.8 Å². The maximum Gasteiger partial charge on any atom is 0.307 e. The molecule has 4 heteroatoms. The van der Waals surface area contributed by atoms with Gasteiger partial charge in [0, 0.05) is 12.0 Å². The molecule has 1 saturated carbocycles. The van der Waals surface area contributed by atoms with Crippen molar-refractivity contribution >= 4 is 5.97 Å². The molecule has 1 aliphatic carbocycles. The van der Waals surface area contributed by atoms with Crippen molar-refractivity contribution in [2.24, 2.45) is 11.8 Å². The minimum Gasteiger partial charge on any atom is -0.481 e. The van der Waals surface area contributed by atoms with Gasteiger partial charge in [-0.15, -0.1) is 0 Å². The summed E-state index contributed by atoms with van der Waals surface area (Å²) in [6, 6.07) is 3.46. The van der Waals surface area contributed by atoms with Gasteiger partial charge in [0.1, 0.15) is 11.6 Å². The Balaban J connectivity index is 2.28. The average Bonchev–Trinajstić information content (AvgIpc) is 2.38. The number of aliphatic carboxylic acids is 1. The number of hydrogen-bond donors (Lipinski definition) is 1. The zero-order valence-corrected chi connectivity index (χ0v) is 11.6. The van der Waals surface area contributed by atoms with E-state index in [0.29, 0.717) is 24.3 Å². The van der Waals surface area contributed by atoms with Crippen molar-refractivity contribution in [2.45, 2.75) is 44.9 Å². The highest BCUT2D eigenvalue weighted by Gasteiger charge is 2.36. The van der Waals surface area contributed by atoms with E-state index >= 15 is 0 Å². The molecule has 1 fully saturated rings. The molecular formula is C16H20F2O2. The number of halogens is 2. The summed E-state index contributed by atoms with van der Waals surface area (Å²) in [5, 5.41) is 9.34. The molecule has 0 aliphatic heterocycles. The third-order valence-corrected chi connectivity index (χ3v) is 4.33. The normalized spacial score (nSPS) is 26.4. The molecule has 2 rings (SSSR count). The monoisotopic (exact) mass is 282 g/mol. The lowest BCUT2D eigenvalue weighted by Gasteiger charge is -2.34. The minimum atomic E-state index is -0.881. The molecule has 0 spiro atoms. The Morgan fingerprint density at radius 3 is 2.70 bits per heavy atom. The number of carboxylic acids is 1. The molecule has 1 aromatic carbocycles. The summed E-state index contributed by atoms with van der Waals surface area (Å²) in [4.78, 5) is 11.4. The molecular weight excluding hydrogens is 262 g/mol. The fraction of sp³-hybridized carbons (Fsp3) is 0.562. The average molecular weight is 282 g/mol. The van der Waals surface area contributed by atoms with E-state index in [2.05, 4.69) is 6.92 Å². The van der Waals surface area contributed by atoms with Gasteiger partial charge in [0.15, 0.2) is 0 Å². The zero-order chi connectivity index (χ0) is 14.7. The van der Waals surface area contributed by atoms with Crippen molar-refractivity contribution in [1.29, 1.82) is 0 Å². The van der Waals surface area contributed by atoms with Crippen LogP contribution in [0.3, 0.4) is 0 Å². The van der Waals surface area contributed by atoms with Gasteiger partial charge in [0.25, 0.3) is 0 Å². The molecule has 3 atom stereocenters. The molecule has 0 heterocycles. The van der Waals surface area contributed by atoms with E-state index in [-0.39, 0.29) is 5.92 Å². The number of benzene rings is 1. The van der Waals surface area contributed by atoms with Gasteiger partial charge in [0.05, 0.1) is 5.92 Å². The third kappa shape index (κ3) is 3.17. The number of carbonyl (C=O) groups is 1. The lowest BCUT2D eigenvalue weighted by molar-refractivity contribution is -0.144. The van der Waals surface area contributed by atoms with Crippen LogP contribution in [0.4, 0.5) is 8.78 Å². The fourth-order valence-corrected chi connectivity index (χ4v) is 3.37. The summed E-state index contributed by atoms with van der Waals surface area (Å²) in [6.07, 6.45) is 4.20. The Bertz CT molecular complexity index is 487. The predicted molar refractivity (Wildman–Crippen MR) is 72.5 cm³/mol. The summed E-state index contributed by atoms with van der Waals surface area (Å²) < 4.78 is 27.0. The quantitative estimate of drug-likeness (QED) is 0.891. The largest absolute Gasteiger partial charge is 0.481 e. The second kappa shape index (κ2) is 6.33. The molecule has 20 heavy (non-hydrogen) atoms. The highest BCUT2D eigenvalue weighted by molar-refractivity contribution is 5.71. The standard InChI is InChI=1S/C16H20F2O2/c1-2-3-10-4-6-13(16(19)20)14(8-10)12-7-5-11(17)9-15(12)18/h5,7,9-10,13-14H,2-4,6,8H2,1H3,(H,19,20). The minimum absolute atomic E-state index is 0.347. The van der Waals surface area contributed by atoms with Gasteiger partial charge in [-0.05, 0) is 36.8 Å². The number of rotatable bonds is 4. The van der Waals surface area contributed by atoms with Gasteiger partial charge in [-0.3, -0.25) is 4.79 Å². The molecule has 3 unspecified atom stereocenters. The van der Waals surface area contributed by atoms with E-state index in [4.69, 9.17) is 0 Å². The van der Waals surface area contributed by atoms with Gasteiger partial charge in [-0.25, -0.2) is 8.78 Å². The van der Waals surface area contributed by atoms with E-state index in [9.17, 15) is 18.7 Å². The second-order valence-corrected chi connectivity index (χ2v) is 5.68. The smallest absolute Gasteiger partial charge is 0.307 e. The van der Waals surface area contributed by atoms with Crippen LogP contribution in [0.15, 0.2) is 18.2 Å². The summed E-state index contributed by atoms with van der Waals surface area (Å²) in [6.45, 7) is 2.09. The highest BCUT2D eigenvalue weighted by Crippen LogP contribution is 2.43. The van der Waals surface area contributed by atoms with Crippen LogP contribution < -0.4 is 0 Å². The molecule has 0 aromatic heterocycles. The van der Waals surface area contributed by atoms with Gasteiger partial charge in [-0.2, -0.15) is 0 Å². The van der Waals surface area contributed by atoms with Crippen LogP contribution in [-0.2, 0) is 4.79 Å². The van der Waals surface area contributed by atoms with E-state index in [0.717, 1.165) is 25.3 Å². The zero-order valence-electron chi connectivity index (χ0n) is 11.6. The highest BCUT2D eigenvalue weighted by atomic mass is 19.1. The lowest BCUT2D eigenvalue weighted by Crippen LogP contribution is -2.29. The Morgan fingerprint density at radius 2 is 2.10 bits per heavy atom. The van der Waals surface area contributed by atoms with E-state index in [1.54, 1.807) is 0 Å². The van der Waals surface area contributed by atoms with Crippen LogP contribution in [0.25, 0.3) is 0 Å². The third-order valence-electron chi connectivity index (χ3n) is 4.33. The Kier molecular flexibility index (Phi) is 4.73. The van der Waals surface area contributed by atoms with E-state index in [1.165, 1.54) is 12.1 Å².